The highest BCUT2D eigenvalue weighted by atomic mass is 16.1. The van der Waals surface area contributed by atoms with Crippen LogP contribution in [0.4, 0.5) is 5.69 Å². The summed E-state index contributed by atoms with van der Waals surface area (Å²) >= 11 is 0. The van der Waals surface area contributed by atoms with Gasteiger partial charge in [0, 0.05) is 36.3 Å². The van der Waals surface area contributed by atoms with Crippen LogP contribution in [0.3, 0.4) is 0 Å². The van der Waals surface area contributed by atoms with E-state index in [9.17, 15) is 4.79 Å². The van der Waals surface area contributed by atoms with E-state index in [0.29, 0.717) is 5.57 Å². The Morgan fingerprint density at radius 3 is 2.30 bits per heavy atom. The number of hydrogen-bond donors (Lipinski definition) is 1. The number of rotatable bonds is 7. The van der Waals surface area contributed by atoms with Crippen LogP contribution in [0.1, 0.15) is 55.9 Å². The quantitative estimate of drug-likeness (QED) is 0.273. The summed E-state index contributed by atoms with van der Waals surface area (Å²) in [5.41, 5.74) is 13.2. The van der Waals surface area contributed by atoms with Gasteiger partial charge in [0.25, 0.3) is 0 Å². The average Bonchev–Trinajstić information content (AvgIpc) is 2.71. The van der Waals surface area contributed by atoms with Gasteiger partial charge in [-0.2, -0.15) is 0 Å². The Hall–Kier alpha value is -3.01. The van der Waals surface area contributed by atoms with Crippen molar-refractivity contribution in [1.29, 1.82) is 0 Å². The first-order valence-electron chi connectivity index (χ1n) is 10.3. The van der Waals surface area contributed by atoms with E-state index >= 15 is 0 Å². The van der Waals surface area contributed by atoms with Gasteiger partial charge in [-0.05, 0) is 87.1 Å². The second kappa shape index (κ2) is 12.5. The van der Waals surface area contributed by atoms with Crippen LogP contribution in [0.15, 0.2) is 65.5 Å². The van der Waals surface area contributed by atoms with Gasteiger partial charge in [0.1, 0.15) is 0 Å². The van der Waals surface area contributed by atoms with Crippen LogP contribution in [0, 0.1) is 13.8 Å². The van der Waals surface area contributed by atoms with Gasteiger partial charge in [0.15, 0.2) is 5.78 Å². The fourth-order valence-electron chi connectivity index (χ4n) is 2.99. The van der Waals surface area contributed by atoms with Gasteiger partial charge < -0.3 is 5.73 Å². The molecule has 0 bridgehead atoms. The third kappa shape index (κ3) is 7.78. The lowest BCUT2D eigenvalue weighted by atomic mass is 9.97. The average molecular weight is 406 g/mol. The smallest absolute Gasteiger partial charge is 0.160 e. The van der Waals surface area contributed by atoms with Crippen LogP contribution in [-0.2, 0) is 11.2 Å². The maximum Gasteiger partial charge on any atom is 0.160 e. The molecule has 1 aromatic heterocycles. The minimum absolute atomic E-state index is 0.0115. The molecule has 0 radical (unpaired) electrons. The van der Waals surface area contributed by atoms with Crippen molar-refractivity contribution in [3.05, 3.63) is 82.7 Å². The van der Waals surface area contributed by atoms with Gasteiger partial charge in [-0.15, -0.1) is 0 Å². The summed E-state index contributed by atoms with van der Waals surface area (Å²) in [4.78, 5) is 20.0. The first-order chi connectivity index (χ1) is 14.2. The number of allylic oxidation sites excluding steroid dienone is 3. The van der Waals surface area contributed by atoms with E-state index in [1.807, 2.05) is 51.4 Å². The van der Waals surface area contributed by atoms with Crippen molar-refractivity contribution in [3.8, 4) is 0 Å². The summed E-state index contributed by atoms with van der Waals surface area (Å²) < 4.78 is 0. The normalized spacial score (nSPS) is 11.5. The van der Waals surface area contributed by atoms with Crippen LogP contribution in [0.2, 0.25) is 0 Å². The highest BCUT2D eigenvalue weighted by molar-refractivity contribution is 6.14. The SMILES string of the molecule is C=C(C)/C(=C\C(=NC)c1cc(C)c(N)c(C)c1)C(C)=O.CCCCc1cccnc1. The number of hydrogen-bond acceptors (Lipinski definition) is 4. The minimum atomic E-state index is -0.0115. The molecule has 0 unspecified atom stereocenters. The molecule has 0 fully saturated rings. The molecule has 0 aliphatic heterocycles. The zero-order valence-corrected chi connectivity index (χ0v) is 19.2. The number of aliphatic imine (C=N–C) groups is 1. The molecule has 2 aromatic rings. The van der Waals surface area contributed by atoms with Crippen molar-refractivity contribution in [2.24, 2.45) is 4.99 Å². The number of ketones is 1. The second-order valence-electron chi connectivity index (χ2n) is 7.49. The zero-order chi connectivity index (χ0) is 22.7. The molecule has 2 rings (SSSR count). The molecule has 2 N–H and O–H groups in total. The molecule has 0 saturated carbocycles. The predicted molar refractivity (Wildman–Crippen MR) is 129 cm³/mol. The summed E-state index contributed by atoms with van der Waals surface area (Å²) in [5, 5.41) is 0. The van der Waals surface area contributed by atoms with Crippen LogP contribution in [0.25, 0.3) is 0 Å². The third-order valence-corrected chi connectivity index (χ3v) is 4.79. The molecule has 0 aliphatic carbocycles. The number of unbranched alkanes of at least 4 members (excludes halogenated alkanes) is 1. The lowest BCUT2D eigenvalue weighted by Crippen LogP contribution is -2.06. The molecular weight excluding hydrogens is 370 g/mol. The topological polar surface area (TPSA) is 68.3 Å². The maximum atomic E-state index is 11.7. The maximum absolute atomic E-state index is 11.7. The Kier molecular flexibility index (Phi) is 10.5. The van der Waals surface area contributed by atoms with Gasteiger partial charge in [-0.25, -0.2) is 0 Å². The van der Waals surface area contributed by atoms with E-state index in [2.05, 4.69) is 29.5 Å². The molecule has 1 aromatic carbocycles. The van der Waals surface area contributed by atoms with Gasteiger partial charge in [-0.3, -0.25) is 14.8 Å². The molecule has 160 valence electrons. The lowest BCUT2D eigenvalue weighted by Gasteiger charge is -2.10. The van der Waals surface area contributed by atoms with Crippen LogP contribution >= 0.6 is 0 Å². The van der Waals surface area contributed by atoms with Gasteiger partial charge >= 0.3 is 0 Å². The molecule has 1 heterocycles. The summed E-state index contributed by atoms with van der Waals surface area (Å²) in [5.74, 6) is -0.0115. The van der Waals surface area contributed by atoms with E-state index < -0.39 is 0 Å². The standard InChI is InChI=1S/C17H22N2O.C9H13N/c1-10(2)15(13(5)20)9-16(19-6)14-7-11(3)17(18)12(4)8-14;1-2-3-5-9-6-4-7-10-8-9/h7-9H,1,18H2,2-6H3;4,6-8H,2-3,5H2,1H3/b15-9+,19-16?;. The van der Waals surface area contributed by atoms with E-state index in [1.54, 1.807) is 13.1 Å². The Bertz CT molecular complexity index is 886. The number of carbonyl (C=O) groups is 1. The first kappa shape index (κ1) is 25.0. The second-order valence-corrected chi connectivity index (χ2v) is 7.49. The molecule has 4 nitrogen and oxygen atoms in total. The number of anilines is 1. The zero-order valence-electron chi connectivity index (χ0n) is 19.2. The van der Waals surface area contributed by atoms with Gasteiger partial charge in [0.2, 0.25) is 0 Å². The van der Waals surface area contributed by atoms with Crippen molar-refractivity contribution in [3.63, 3.8) is 0 Å². The lowest BCUT2D eigenvalue weighted by molar-refractivity contribution is -0.113. The number of pyridine rings is 1. The largest absolute Gasteiger partial charge is 0.398 e. The van der Waals surface area contributed by atoms with E-state index in [0.717, 1.165) is 33.7 Å². The number of aryl methyl sites for hydroxylation is 3. The number of aromatic nitrogens is 1. The van der Waals surface area contributed by atoms with E-state index in [1.165, 1.54) is 31.7 Å². The fourth-order valence-corrected chi connectivity index (χ4v) is 2.99. The van der Waals surface area contributed by atoms with Crippen molar-refractivity contribution in [1.82, 2.24) is 4.98 Å². The summed E-state index contributed by atoms with van der Waals surface area (Å²) in [6.07, 6.45) is 9.24. The summed E-state index contributed by atoms with van der Waals surface area (Å²) in [7, 11) is 1.71. The summed E-state index contributed by atoms with van der Waals surface area (Å²) in [6.45, 7) is 13.3. The van der Waals surface area contributed by atoms with Crippen molar-refractivity contribution in [2.45, 2.75) is 53.9 Å². The molecule has 0 amide bonds. The number of nitrogens with two attached hydrogens (primary N) is 1. The Morgan fingerprint density at radius 2 is 1.87 bits per heavy atom. The number of carbonyl (C=O) groups excluding carboxylic acids is 1. The molecule has 0 spiro atoms. The predicted octanol–water partition coefficient (Wildman–Crippen LogP) is 5.82. The Morgan fingerprint density at radius 1 is 1.23 bits per heavy atom. The number of Topliss-reactive ketones (excluding diaryl/α,β-unsaturated/α-hetero) is 1. The minimum Gasteiger partial charge on any atom is -0.398 e. The monoisotopic (exact) mass is 405 g/mol. The Balaban J connectivity index is 0.000000375. The fraction of sp³-hybridized carbons (Fsp3) is 0.346. The van der Waals surface area contributed by atoms with Gasteiger partial charge in [-0.1, -0.05) is 26.0 Å². The van der Waals surface area contributed by atoms with Crippen molar-refractivity contribution in [2.75, 3.05) is 12.8 Å². The molecule has 4 heteroatoms. The molecule has 0 atom stereocenters. The Labute approximate surface area is 181 Å². The molecule has 0 saturated heterocycles. The first-order valence-corrected chi connectivity index (χ1v) is 10.3. The van der Waals surface area contributed by atoms with Crippen LogP contribution < -0.4 is 5.73 Å². The van der Waals surface area contributed by atoms with Crippen LogP contribution in [-0.4, -0.2) is 23.5 Å². The van der Waals surface area contributed by atoms with Crippen molar-refractivity contribution >= 4 is 17.2 Å². The highest BCUT2D eigenvalue weighted by Gasteiger charge is 2.10. The number of nitrogens with zero attached hydrogens (tertiary/aromatic N) is 2. The number of nitrogen functional groups attached to an aromatic ring is 1. The van der Waals surface area contributed by atoms with Crippen molar-refractivity contribution < 1.29 is 4.79 Å². The summed E-state index contributed by atoms with van der Waals surface area (Å²) in [6, 6.07) is 8.09. The molecular formula is C26H35N3O. The van der Waals surface area contributed by atoms with Gasteiger partial charge in [0.05, 0.1) is 5.71 Å². The number of benzene rings is 1. The van der Waals surface area contributed by atoms with E-state index in [-0.39, 0.29) is 5.78 Å². The van der Waals surface area contributed by atoms with Crippen LogP contribution in [0.5, 0.6) is 0 Å². The molecule has 30 heavy (non-hydrogen) atoms. The molecule has 0 aliphatic rings. The highest BCUT2D eigenvalue weighted by Crippen LogP contribution is 2.20. The third-order valence-electron chi connectivity index (χ3n) is 4.79. The van der Waals surface area contributed by atoms with E-state index in [4.69, 9.17) is 5.73 Å².